The van der Waals surface area contributed by atoms with Gasteiger partial charge in [-0.3, -0.25) is 14.4 Å². The maximum Gasteiger partial charge on any atom is 0.306 e. The Labute approximate surface area is 128 Å². The SMILES string of the molecule is CO[P+]1([O-])O[C@@H](C)[C@H](OC(C)=O)[C@@H](OC(C)=O)[C@@H]1OC(C)=O. The number of hydrogen-bond acceptors (Lipinski definition) is 9. The molecule has 0 radical (unpaired) electrons. The molecule has 0 aliphatic carbocycles. The summed E-state index contributed by atoms with van der Waals surface area (Å²) in [6.45, 7) is 4.83. The Morgan fingerprint density at radius 2 is 1.41 bits per heavy atom. The molecule has 0 aromatic carbocycles. The fourth-order valence-electron chi connectivity index (χ4n) is 2.08. The predicted octanol–water partition coefficient (Wildman–Crippen LogP) is -0.0730. The molecule has 0 spiro atoms. The van der Waals surface area contributed by atoms with Gasteiger partial charge in [-0.25, -0.2) is 4.52 Å². The van der Waals surface area contributed by atoms with Gasteiger partial charge in [0.1, 0.15) is 6.10 Å². The molecule has 5 atom stereocenters. The van der Waals surface area contributed by atoms with Crippen molar-refractivity contribution in [3.8, 4) is 0 Å². The number of hydrogen-bond donors (Lipinski definition) is 0. The highest BCUT2D eigenvalue weighted by Gasteiger charge is 2.61. The van der Waals surface area contributed by atoms with Gasteiger partial charge in [0.05, 0.1) is 7.11 Å². The molecule has 0 amide bonds. The molecule has 10 heteroatoms. The predicted molar refractivity (Wildman–Crippen MR) is 71.1 cm³/mol. The molecule has 0 saturated carbocycles. The lowest BCUT2D eigenvalue weighted by atomic mass is 10.1. The summed E-state index contributed by atoms with van der Waals surface area (Å²) >= 11 is 0. The van der Waals surface area contributed by atoms with Gasteiger partial charge in [-0.05, 0) is 6.92 Å². The first-order valence-electron chi connectivity index (χ1n) is 6.46. The Morgan fingerprint density at radius 1 is 0.955 bits per heavy atom. The molecule has 1 fully saturated rings. The first kappa shape index (κ1) is 18.8. The zero-order valence-electron chi connectivity index (χ0n) is 12.9. The lowest BCUT2D eigenvalue weighted by Gasteiger charge is -2.44. The Kier molecular flexibility index (Phi) is 6.25. The fraction of sp³-hybridized carbons (Fsp3) is 0.750. The van der Waals surface area contributed by atoms with Crippen molar-refractivity contribution in [3.63, 3.8) is 0 Å². The van der Waals surface area contributed by atoms with Crippen LogP contribution in [0, 0.1) is 0 Å². The molecule has 1 aliphatic rings. The van der Waals surface area contributed by atoms with Crippen LogP contribution in [0.3, 0.4) is 0 Å². The molecule has 0 N–H and O–H groups in total. The summed E-state index contributed by atoms with van der Waals surface area (Å²) < 4.78 is 25.2. The number of esters is 3. The molecule has 1 saturated heterocycles. The van der Waals surface area contributed by atoms with Crippen molar-refractivity contribution >= 4 is 25.9 Å². The Bertz CT molecular complexity index is 454. The topological polar surface area (TPSA) is 120 Å². The Morgan fingerprint density at radius 3 is 1.82 bits per heavy atom. The summed E-state index contributed by atoms with van der Waals surface area (Å²) in [5, 5.41) is 0. The van der Waals surface area contributed by atoms with E-state index in [2.05, 4.69) is 0 Å². The quantitative estimate of drug-likeness (QED) is 0.394. The van der Waals surface area contributed by atoms with Crippen LogP contribution < -0.4 is 4.89 Å². The van der Waals surface area contributed by atoms with Crippen molar-refractivity contribution < 1.29 is 42.5 Å². The largest absolute Gasteiger partial charge is 0.628 e. The van der Waals surface area contributed by atoms with Gasteiger partial charge in [0.25, 0.3) is 13.8 Å². The van der Waals surface area contributed by atoms with E-state index in [0.717, 1.165) is 27.9 Å². The molecule has 1 heterocycles. The van der Waals surface area contributed by atoms with E-state index in [0.29, 0.717) is 0 Å². The van der Waals surface area contributed by atoms with Crippen molar-refractivity contribution in [3.05, 3.63) is 0 Å². The minimum absolute atomic E-state index is 0.659. The zero-order valence-corrected chi connectivity index (χ0v) is 13.8. The summed E-state index contributed by atoms with van der Waals surface area (Å²) in [6.07, 6.45) is -3.30. The number of carbonyl (C=O) groups excluding carboxylic acids is 3. The average Bonchev–Trinajstić information content (AvgIpc) is 2.37. The van der Waals surface area contributed by atoms with Crippen LogP contribution in [0.25, 0.3) is 0 Å². The van der Waals surface area contributed by atoms with Crippen LogP contribution in [0.15, 0.2) is 0 Å². The molecule has 0 aromatic rings. The maximum atomic E-state index is 12.6. The Balaban J connectivity index is 3.22. The first-order chi connectivity index (χ1) is 10.1. The number of rotatable bonds is 4. The lowest BCUT2D eigenvalue weighted by molar-refractivity contribution is -0.260. The summed E-state index contributed by atoms with van der Waals surface area (Å²) in [4.78, 5) is 46.4. The van der Waals surface area contributed by atoms with E-state index in [4.69, 9.17) is 23.3 Å². The standard InChI is InChI=1S/C12H19O9P/c1-6-10(18-7(2)13)11(19-8(3)14)12(20-9(4)15)22(16,17-5)21-6/h6,10-12H,1-5H3/t6-,10-,11+,12+,22?/m0/s1. The second kappa shape index (κ2) is 7.32. The van der Waals surface area contributed by atoms with Crippen molar-refractivity contribution in [2.45, 2.75) is 51.9 Å². The van der Waals surface area contributed by atoms with Crippen LogP contribution in [0.2, 0.25) is 0 Å². The number of carbonyl (C=O) groups is 3. The van der Waals surface area contributed by atoms with E-state index in [1.165, 1.54) is 6.92 Å². The van der Waals surface area contributed by atoms with Crippen LogP contribution in [-0.2, 0) is 37.6 Å². The second-order valence-corrected chi connectivity index (χ2v) is 6.85. The van der Waals surface area contributed by atoms with E-state index in [-0.39, 0.29) is 0 Å². The van der Waals surface area contributed by atoms with Gasteiger partial charge in [0.2, 0.25) is 6.10 Å². The molecule has 0 bridgehead atoms. The molecule has 126 valence electrons. The second-order valence-electron chi connectivity index (χ2n) is 4.68. The highest BCUT2D eigenvalue weighted by molar-refractivity contribution is 7.59. The molecule has 9 nitrogen and oxygen atoms in total. The van der Waals surface area contributed by atoms with Gasteiger partial charge in [-0.15, -0.1) is 0 Å². The van der Waals surface area contributed by atoms with Gasteiger partial charge < -0.3 is 19.1 Å². The van der Waals surface area contributed by atoms with Gasteiger partial charge in [-0.1, -0.05) is 0 Å². The van der Waals surface area contributed by atoms with Crippen molar-refractivity contribution in [1.82, 2.24) is 0 Å². The van der Waals surface area contributed by atoms with Crippen molar-refractivity contribution in [1.29, 1.82) is 0 Å². The average molecular weight is 338 g/mol. The van der Waals surface area contributed by atoms with E-state index < -0.39 is 50.0 Å². The van der Waals surface area contributed by atoms with E-state index in [1.54, 1.807) is 0 Å². The van der Waals surface area contributed by atoms with Gasteiger partial charge in [0, 0.05) is 20.8 Å². The van der Waals surface area contributed by atoms with Crippen molar-refractivity contribution in [2.75, 3.05) is 7.11 Å². The van der Waals surface area contributed by atoms with Crippen LogP contribution in [0.1, 0.15) is 27.7 Å². The molecule has 1 aliphatic heterocycles. The van der Waals surface area contributed by atoms with Gasteiger partial charge in [-0.2, -0.15) is 4.52 Å². The summed E-state index contributed by atoms with van der Waals surface area (Å²) in [5.74, 6) is -3.69. The molecule has 22 heavy (non-hydrogen) atoms. The first-order valence-corrected chi connectivity index (χ1v) is 8.07. The fourth-order valence-corrected chi connectivity index (χ4v) is 3.95. The Hall–Kier alpha value is -1.28. The summed E-state index contributed by atoms with van der Waals surface area (Å²) in [7, 11) is -2.81. The number of ether oxygens (including phenoxy) is 3. The molecule has 1 rings (SSSR count). The molecular formula is C12H19O9P. The normalized spacial score (nSPS) is 34.6. The zero-order chi connectivity index (χ0) is 17.1. The van der Waals surface area contributed by atoms with E-state index in [1.807, 2.05) is 0 Å². The van der Waals surface area contributed by atoms with E-state index in [9.17, 15) is 19.3 Å². The van der Waals surface area contributed by atoms with Crippen molar-refractivity contribution in [2.24, 2.45) is 0 Å². The molecule has 0 aromatic heterocycles. The highest BCUT2D eigenvalue weighted by Crippen LogP contribution is 2.62. The highest BCUT2D eigenvalue weighted by atomic mass is 31.2. The monoisotopic (exact) mass is 338 g/mol. The third-order valence-electron chi connectivity index (χ3n) is 2.84. The van der Waals surface area contributed by atoms with Gasteiger partial charge in [0.15, 0.2) is 6.10 Å². The van der Waals surface area contributed by atoms with Gasteiger partial charge >= 0.3 is 17.9 Å². The third kappa shape index (κ3) is 4.36. The lowest BCUT2D eigenvalue weighted by Crippen LogP contribution is -2.57. The van der Waals surface area contributed by atoms with Crippen LogP contribution in [0.4, 0.5) is 0 Å². The summed E-state index contributed by atoms with van der Waals surface area (Å²) in [5.41, 5.74) is 0. The smallest absolute Gasteiger partial charge is 0.306 e. The molecular weight excluding hydrogens is 319 g/mol. The minimum atomic E-state index is -3.92. The van der Waals surface area contributed by atoms with E-state index >= 15 is 0 Å². The van der Waals surface area contributed by atoms with Crippen LogP contribution >= 0.6 is 7.94 Å². The maximum absolute atomic E-state index is 12.6. The minimum Gasteiger partial charge on any atom is -0.628 e. The third-order valence-corrected chi connectivity index (χ3v) is 5.00. The van der Waals surface area contributed by atoms with Crippen LogP contribution in [-0.4, -0.2) is 49.2 Å². The summed E-state index contributed by atoms with van der Waals surface area (Å²) in [6, 6.07) is 0. The molecule has 1 unspecified atom stereocenters. The van der Waals surface area contributed by atoms with Crippen LogP contribution in [0.5, 0.6) is 0 Å².